The first-order valence-electron chi connectivity index (χ1n) is 6.40. The largest absolute Gasteiger partial charge is 0.490 e. The molecule has 1 saturated carbocycles. The molecule has 1 aliphatic rings. The average Bonchev–Trinajstić information content (AvgIpc) is 2.73. The summed E-state index contributed by atoms with van der Waals surface area (Å²) in [5.74, 6) is 0.824. The van der Waals surface area contributed by atoms with Crippen LogP contribution in [0.1, 0.15) is 25.7 Å². The normalized spacial score (nSPS) is 23.2. The molecule has 8 heteroatoms. The van der Waals surface area contributed by atoms with E-state index in [4.69, 9.17) is 10.5 Å². The van der Waals surface area contributed by atoms with Gasteiger partial charge in [-0.05, 0) is 31.6 Å². The molecule has 0 atom stereocenters. The molecular formula is C12H19ClF3N3O. The van der Waals surface area contributed by atoms with Crippen LogP contribution in [0.5, 0.6) is 5.75 Å². The van der Waals surface area contributed by atoms with Gasteiger partial charge in [-0.3, -0.25) is 4.68 Å². The van der Waals surface area contributed by atoms with Crippen molar-refractivity contribution in [3.05, 3.63) is 12.4 Å². The summed E-state index contributed by atoms with van der Waals surface area (Å²) in [6.07, 6.45) is 2.34. The molecule has 116 valence electrons. The molecule has 0 saturated heterocycles. The van der Waals surface area contributed by atoms with E-state index in [0.717, 1.165) is 30.4 Å². The lowest BCUT2D eigenvalue weighted by molar-refractivity contribution is -0.142. The van der Waals surface area contributed by atoms with Crippen LogP contribution in [0.3, 0.4) is 0 Å². The highest BCUT2D eigenvalue weighted by Gasteiger charge is 2.28. The summed E-state index contributed by atoms with van der Waals surface area (Å²) in [5.41, 5.74) is 5.81. The lowest BCUT2D eigenvalue weighted by Crippen LogP contribution is -2.28. The first-order valence-corrected chi connectivity index (χ1v) is 6.40. The summed E-state index contributed by atoms with van der Waals surface area (Å²) in [7, 11) is 0. The van der Waals surface area contributed by atoms with Gasteiger partial charge < -0.3 is 10.5 Å². The molecule has 0 radical (unpaired) electrons. The van der Waals surface area contributed by atoms with Gasteiger partial charge in [0.15, 0.2) is 5.75 Å². The highest BCUT2D eigenvalue weighted by Crippen LogP contribution is 2.24. The number of nitrogens with two attached hydrogens (primary N) is 1. The van der Waals surface area contributed by atoms with Crippen molar-refractivity contribution in [3.63, 3.8) is 0 Å². The van der Waals surface area contributed by atoms with Gasteiger partial charge in [-0.2, -0.15) is 18.3 Å². The molecule has 1 aromatic rings. The molecule has 0 aliphatic heterocycles. The standard InChI is InChI=1S/C12H18F3N3O.ClH/c13-12(14,15)8-18-6-11(5-17-18)19-7-9-1-3-10(16)4-2-9;/h5-6,9-10H,1-4,7-8,16H2;1H. The summed E-state index contributed by atoms with van der Waals surface area (Å²) in [4.78, 5) is 0. The van der Waals surface area contributed by atoms with Crippen LogP contribution >= 0.6 is 12.4 Å². The lowest BCUT2D eigenvalue weighted by atomic mass is 9.87. The minimum absolute atomic E-state index is 0. The Morgan fingerprint density at radius 3 is 2.55 bits per heavy atom. The van der Waals surface area contributed by atoms with Gasteiger partial charge in [0.1, 0.15) is 6.54 Å². The predicted octanol–water partition coefficient (Wildman–Crippen LogP) is 2.76. The van der Waals surface area contributed by atoms with Crippen molar-refractivity contribution in [1.29, 1.82) is 0 Å². The van der Waals surface area contributed by atoms with E-state index in [1.807, 2.05) is 0 Å². The fraction of sp³-hybridized carbons (Fsp3) is 0.750. The van der Waals surface area contributed by atoms with Gasteiger partial charge in [-0.1, -0.05) is 0 Å². The van der Waals surface area contributed by atoms with Crippen molar-refractivity contribution in [2.24, 2.45) is 11.7 Å². The van der Waals surface area contributed by atoms with E-state index >= 15 is 0 Å². The van der Waals surface area contributed by atoms with E-state index < -0.39 is 12.7 Å². The summed E-state index contributed by atoms with van der Waals surface area (Å²) in [5, 5.41) is 3.63. The molecule has 0 spiro atoms. The molecule has 1 heterocycles. The van der Waals surface area contributed by atoms with Crippen molar-refractivity contribution in [3.8, 4) is 5.75 Å². The smallest absolute Gasteiger partial charge is 0.408 e. The van der Waals surface area contributed by atoms with Crippen molar-refractivity contribution >= 4 is 12.4 Å². The Morgan fingerprint density at radius 2 is 1.95 bits per heavy atom. The van der Waals surface area contributed by atoms with Crippen LogP contribution in [0.15, 0.2) is 12.4 Å². The fourth-order valence-corrected chi connectivity index (χ4v) is 2.26. The first-order chi connectivity index (χ1) is 8.92. The summed E-state index contributed by atoms with van der Waals surface area (Å²) in [6.45, 7) is -0.570. The van der Waals surface area contributed by atoms with Crippen LogP contribution in [0.25, 0.3) is 0 Å². The van der Waals surface area contributed by atoms with Crippen LogP contribution in [0.4, 0.5) is 13.2 Å². The fourth-order valence-electron chi connectivity index (χ4n) is 2.26. The van der Waals surface area contributed by atoms with Crippen molar-refractivity contribution in [2.75, 3.05) is 6.61 Å². The number of rotatable bonds is 4. The third-order valence-electron chi connectivity index (χ3n) is 3.33. The van der Waals surface area contributed by atoms with Gasteiger partial charge in [0.2, 0.25) is 0 Å². The molecule has 4 nitrogen and oxygen atoms in total. The van der Waals surface area contributed by atoms with E-state index in [1.165, 1.54) is 12.4 Å². The van der Waals surface area contributed by atoms with Crippen LogP contribution in [-0.2, 0) is 6.54 Å². The second-order valence-corrected chi connectivity index (χ2v) is 5.08. The number of alkyl halides is 3. The highest BCUT2D eigenvalue weighted by molar-refractivity contribution is 5.85. The van der Waals surface area contributed by atoms with Crippen LogP contribution < -0.4 is 10.5 Å². The molecule has 2 rings (SSSR count). The number of nitrogens with zero attached hydrogens (tertiary/aromatic N) is 2. The average molecular weight is 314 g/mol. The Balaban J connectivity index is 0.00000200. The van der Waals surface area contributed by atoms with Crippen LogP contribution in [0.2, 0.25) is 0 Å². The quantitative estimate of drug-likeness (QED) is 0.930. The van der Waals surface area contributed by atoms with E-state index in [1.54, 1.807) is 0 Å². The van der Waals surface area contributed by atoms with Crippen molar-refractivity contribution in [2.45, 2.75) is 44.4 Å². The van der Waals surface area contributed by atoms with Gasteiger partial charge in [-0.25, -0.2) is 0 Å². The van der Waals surface area contributed by atoms with Gasteiger partial charge in [0, 0.05) is 6.04 Å². The second kappa shape index (κ2) is 7.17. The first kappa shape index (κ1) is 17.1. The predicted molar refractivity (Wildman–Crippen MR) is 71.0 cm³/mol. The molecule has 20 heavy (non-hydrogen) atoms. The molecule has 0 amide bonds. The van der Waals surface area contributed by atoms with Gasteiger partial charge in [0.25, 0.3) is 0 Å². The molecule has 0 bridgehead atoms. The topological polar surface area (TPSA) is 53.1 Å². The maximum absolute atomic E-state index is 12.2. The number of hydrogen-bond donors (Lipinski definition) is 1. The minimum Gasteiger partial charge on any atom is -0.490 e. The summed E-state index contributed by atoms with van der Waals surface area (Å²) >= 11 is 0. The third kappa shape index (κ3) is 5.58. The van der Waals surface area contributed by atoms with Gasteiger partial charge >= 0.3 is 6.18 Å². The number of ether oxygens (including phenoxy) is 1. The van der Waals surface area contributed by atoms with Gasteiger partial charge in [-0.15, -0.1) is 12.4 Å². The van der Waals surface area contributed by atoms with Crippen LogP contribution in [-0.4, -0.2) is 28.6 Å². The Hall–Kier alpha value is -0.950. The maximum atomic E-state index is 12.2. The van der Waals surface area contributed by atoms with E-state index in [9.17, 15) is 13.2 Å². The number of halogens is 4. The molecule has 0 unspecified atom stereocenters. The molecule has 1 aromatic heterocycles. The number of aromatic nitrogens is 2. The molecule has 2 N–H and O–H groups in total. The van der Waals surface area contributed by atoms with E-state index in [0.29, 0.717) is 18.3 Å². The molecule has 0 aromatic carbocycles. The van der Waals surface area contributed by atoms with Gasteiger partial charge in [0.05, 0.1) is 19.0 Å². The Labute approximate surface area is 121 Å². The van der Waals surface area contributed by atoms with E-state index in [-0.39, 0.29) is 18.4 Å². The number of hydrogen-bond acceptors (Lipinski definition) is 3. The summed E-state index contributed by atoms with van der Waals surface area (Å²) in [6, 6.07) is 0.283. The zero-order valence-corrected chi connectivity index (χ0v) is 11.8. The lowest BCUT2D eigenvalue weighted by Gasteiger charge is -2.25. The molecule has 1 fully saturated rings. The van der Waals surface area contributed by atoms with E-state index in [2.05, 4.69) is 5.10 Å². The summed E-state index contributed by atoms with van der Waals surface area (Å²) < 4.78 is 42.8. The Kier molecular flexibility index (Phi) is 6.13. The monoisotopic (exact) mass is 313 g/mol. The zero-order valence-electron chi connectivity index (χ0n) is 11.0. The molecule has 1 aliphatic carbocycles. The van der Waals surface area contributed by atoms with Crippen molar-refractivity contribution in [1.82, 2.24) is 9.78 Å². The third-order valence-corrected chi connectivity index (χ3v) is 3.33. The van der Waals surface area contributed by atoms with Crippen LogP contribution in [0, 0.1) is 5.92 Å². The Bertz CT molecular complexity index is 403. The molecular weight excluding hydrogens is 295 g/mol. The second-order valence-electron chi connectivity index (χ2n) is 5.08. The van der Waals surface area contributed by atoms with Crippen molar-refractivity contribution < 1.29 is 17.9 Å². The zero-order chi connectivity index (χ0) is 13.9. The SMILES string of the molecule is Cl.NC1CCC(COc2cnn(CC(F)(F)F)c2)CC1. The minimum atomic E-state index is -4.26. The maximum Gasteiger partial charge on any atom is 0.408 e. The highest BCUT2D eigenvalue weighted by atomic mass is 35.5. The Morgan fingerprint density at radius 1 is 1.30 bits per heavy atom.